The molecule has 1 unspecified atom stereocenters. The van der Waals surface area contributed by atoms with Crippen LogP contribution in [-0.4, -0.2) is 4.98 Å². The molecule has 3 nitrogen and oxygen atoms in total. The van der Waals surface area contributed by atoms with E-state index in [2.05, 4.69) is 49.3 Å². The fraction of sp³-hybridized carbons (Fsp3) is 0.400. The second kappa shape index (κ2) is 5.36. The molecule has 0 bridgehead atoms. The van der Waals surface area contributed by atoms with Crippen LogP contribution in [0.3, 0.4) is 0 Å². The Hall–Kier alpha value is -1.61. The van der Waals surface area contributed by atoms with Gasteiger partial charge in [-0.3, -0.25) is 0 Å². The summed E-state index contributed by atoms with van der Waals surface area (Å²) in [5.41, 5.74) is 3.94. The lowest BCUT2D eigenvalue weighted by molar-refractivity contribution is 0.402. The van der Waals surface area contributed by atoms with Gasteiger partial charge in [-0.15, -0.1) is 0 Å². The number of nitrogens with zero attached hydrogens (tertiary/aromatic N) is 1. The first-order chi connectivity index (χ1) is 8.56. The first kappa shape index (κ1) is 12.8. The SMILES string of the molecule is Cc1cnc(C(C)NCc2ccc(C)c(C)c2)o1. The Morgan fingerprint density at radius 3 is 2.61 bits per heavy atom. The van der Waals surface area contributed by atoms with Crippen molar-refractivity contribution in [2.45, 2.75) is 40.3 Å². The van der Waals surface area contributed by atoms with Gasteiger partial charge in [0, 0.05) is 6.54 Å². The van der Waals surface area contributed by atoms with Crippen molar-refractivity contribution in [3.05, 3.63) is 52.7 Å². The Balaban J connectivity index is 1.97. The predicted molar refractivity (Wildman–Crippen MR) is 72.4 cm³/mol. The second-order valence-electron chi connectivity index (χ2n) is 4.83. The highest BCUT2D eigenvalue weighted by Gasteiger charge is 2.10. The third-order valence-electron chi connectivity index (χ3n) is 3.19. The van der Waals surface area contributed by atoms with Gasteiger partial charge in [0.05, 0.1) is 12.2 Å². The maximum absolute atomic E-state index is 5.50. The molecule has 0 saturated heterocycles. The van der Waals surface area contributed by atoms with E-state index in [1.54, 1.807) is 6.20 Å². The van der Waals surface area contributed by atoms with E-state index in [0.717, 1.165) is 18.2 Å². The summed E-state index contributed by atoms with van der Waals surface area (Å²) in [6, 6.07) is 6.66. The molecule has 1 aromatic carbocycles. The third-order valence-corrected chi connectivity index (χ3v) is 3.19. The largest absolute Gasteiger partial charge is 0.444 e. The van der Waals surface area contributed by atoms with E-state index in [1.807, 2.05) is 6.92 Å². The first-order valence-corrected chi connectivity index (χ1v) is 6.28. The first-order valence-electron chi connectivity index (χ1n) is 6.28. The minimum atomic E-state index is 0.125. The van der Waals surface area contributed by atoms with Crippen molar-refractivity contribution >= 4 is 0 Å². The quantitative estimate of drug-likeness (QED) is 0.895. The van der Waals surface area contributed by atoms with Gasteiger partial charge in [-0.25, -0.2) is 4.98 Å². The lowest BCUT2D eigenvalue weighted by atomic mass is 10.1. The molecule has 2 rings (SSSR count). The summed E-state index contributed by atoms with van der Waals surface area (Å²) in [6.07, 6.45) is 1.75. The molecule has 0 radical (unpaired) electrons. The normalized spacial score (nSPS) is 12.7. The number of hydrogen-bond acceptors (Lipinski definition) is 3. The predicted octanol–water partition coefficient (Wildman–Crippen LogP) is 3.45. The van der Waals surface area contributed by atoms with Crippen LogP contribution in [0.1, 0.15) is 41.3 Å². The average Bonchev–Trinajstić information content (AvgIpc) is 2.77. The van der Waals surface area contributed by atoms with Crippen LogP contribution in [0.4, 0.5) is 0 Å². The molecule has 1 aromatic heterocycles. The van der Waals surface area contributed by atoms with Crippen molar-refractivity contribution in [2.75, 3.05) is 0 Å². The van der Waals surface area contributed by atoms with Crippen LogP contribution in [-0.2, 0) is 6.54 Å². The van der Waals surface area contributed by atoms with Gasteiger partial charge >= 0.3 is 0 Å². The Kier molecular flexibility index (Phi) is 3.82. The summed E-state index contributed by atoms with van der Waals surface area (Å²) in [5, 5.41) is 3.42. The Bertz CT molecular complexity index is 531. The standard InChI is InChI=1S/C15H20N2O/c1-10-5-6-14(7-11(10)2)9-16-13(4)15-17-8-12(3)18-15/h5-8,13,16H,9H2,1-4H3. The number of nitrogens with one attached hydrogen (secondary N) is 1. The molecule has 0 aliphatic carbocycles. The van der Waals surface area contributed by atoms with E-state index in [0.29, 0.717) is 0 Å². The Labute approximate surface area is 108 Å². The number of rotatable bonds is 4. The number of aryl methyl sites for hydroxylation is 3. The van der Waals surface area contributed by atoms with Crippen molar-refractivity contribution in [3.63, 3.8) is 0 Å². The molecule has 96 valence electrons. The number of aromatic nitrogens is 1. The zero-order valence-electron chi connectivity index (χ0n) is 11.4. The minimum absolute atomic E-state index is 0.125. The summed E-state index contributed by atoms with van der Waals surface area (Å²) in [4.78, 5) is 4.23. The van der Waals surface area contributed by atoms with Gasteiger partial charge in [-0.05, 0) is 44.4 Å². The second-order valence-corrected chi connectivity index (χ2v) is 4.83. The molecule has 0 saturated carbocycles. The fourth-order valence-corrected chi connectivity index (χ4v) is 1.84. The van der Waals surface area contributed by atoms with Crippen LogP contribution in [0.15, 0.2) is 28.8 Å². The third kappa shape index (κ3) is 2.99. The number of oxazole rings is 1. The van der Waals surface area contributed by atoms with Gasteiger partial charge in [0.2, 0.25) is 5.89 Å². The van der Waals surface area contributed by atoms with Crippen LogP contribution < -0.4 is 5.32 Å². The van der Waals surface area contributed by atoms with Gasteiger partial charge in [0.25, 0.3) is 0 Å². The zero-order chi connectivity index (χ0) is 13.1. The lowest BCUT2D eigenvalue weighted by Gasteiger charge is -2.11. The van der Waals surface area contributed by atoms with E-state index < -0.39 is 0 Å². The van der Waals surface area contributed by atoms with Gasteiger partial charge in [0.15, 0.2) is 0 Å². The monoisotopic (exact) mass is 244 g/mol. The van der Waals surface area contributed by atoms with Crippen molar-refractivity contribution < 1.29 is 4.42 Å². The van der Waals surface area contributed by atoms with Crippen LogP contribution in [0, 0.1) is 20.8 Å². The molecule has 2 aromatic rings. The minimum Gasteiger partial charge on any atom is -0.444 e. The van der Waals surface area contributed by atoms with E-state index in [9.17, 15) is 0 Å². The summed E-state index contributed by atoms with van der Waals surface area (Å²) in [7, 11) is 0. The molecule has 0 aliphatic heterocycles. The Morgan fingerprint density at radius 2 is 2.00 bits per heavy atom. The topological polar surface area (TPSA) is 38.1 Å². The molecule has 3 heteroatoms. The average molecular weight is 244 g/mol. The maximum Gasteiger partial charge on any atom is 0.211 e. The summed E-state index contributed by atoms with van der Waals surface area (Å²) in [6.45, 7) is 9.06. The molecule has 1 heterocycles. The van der Waals surface area contributed by atoms with Crippen molar-refractivity contribution in [2.24, 2.45) is 0 Å². The van der Waals surface area contributed by atoms with Crippen LogP contribution in [0.25, 0.3) is 0 Å². The van der Waals surface area contributed by atoms with Crippen molar-refractivity contribution in [3.8, 4) is 0 Å². The van der Waals surface area contributed by atoms with Crippen LogP contribution in [0.2, 0.25) is 0 Å². The van der Waals surface area contributed by atoms with Crippen LogP contribution in [0.5, 0.6) is 0 Å². The highest BCUT2D eigenvalue weighted by Crippen LogP contribution is 2.14. The summed E-state index contributed by atoms with van der Waals surface area (Å²) < 4.78 is 5.50. The van der Waals surface area contributed by atoms with E-state index in [1.165, 1.54) is 16.7 Å². The molecular weight excluding hydrogens is 224 g/mol. The van der Waals surface area contributed by atoms with Gasteiger partial charge in [-0.2, -0.15) is 0 Å². The van der Waals surface area contributed by atoms with Gasteiger partial charge in [-0.1, -0.05) is 18.2 Å². The molecule has 0 amide bonds. The fourth-order valence-electron chi connectivity index (χ4n) is 1.84. The molecular formula is C15H20N2O. The Morgan fingerprint density at radius 1 is 1.22 bits per heavy atom. The highest BCUT2D eigenvalue weighted by atomic mass is 16.4. The molecule has 1 N–H and O–H groups in total. The maximum atomic E-state index is 5.50. The smallest absolute Gasteiger partial charge is 0.211 e. The van der Waals surface area contributed by atoms with Crippen LogP contribution >= 0.6 is 0 Å². The van der Waals surface area contributed by atoms with E-state index in [4.69, 9.17) is 4.42 Å². The highest BCUT2D eigenvalue weighted by molar-refractivity contribution is 5.29. The number of benzene rings is 1. The summed E-state index contributed by atoms with van der Waals surface area (Å²) >= 11 is 0. The molecule has 0 aliphatic rings. The van der Waals surface area contributed by atoms with Gasteiger partial charge in [0.1, 0.15) is 5.76 Å². The van der Waals surface area contributed by atoms with E-state index in [-0.39, 0.29) is 6.04 Å². The molecule has 0 fully saturated rings. The van der Waals surface area contributed by atoms with E-state index >= 15 is 0 Å². The van der Waals surface area contributed by atoms with Crippen molar-refractivity contribution in [1.82, 2.24) is 10.3 Å². The number of hydrogen-bond donors (Lipinski definition) is 1. The summed E-state index contributed by atoms with van der Waals surface area (Å²) in [5.74, 6) is 1.60. The molecule has 1 atom stereocenters. The van der Waals surface area contributed by atoms with Crippen molar-refractivity contribution in [1.29, 1.82) is 0 Å². The molecule has 18 heavy (non-hydrogen) atoms. The molecule has 0 spiro atoms. The lowest BCUT2D eigenvalue weighted by Crippen LogP contribution is -2.18. The van der Waals surface area contributed by atoms with Gasteiger partial charge < -0.3 is 9.73 Å². The zero-order valence-corrected chi connectivity index (χ0v) is 11.4.